The highest BCUT2D eigenvalue weighted by atomic mass is 35.5. The van der Waals surface area contributed by atoms with Crippen LogP contribution in [0.15, 0.2) is 62.8 Å². The van der Waals surface area contributed by atoms with Crippen molar-refractivity contribution in [1.82, 2.24) is 4.57 Å². The van der Waals surface area contributed by atoms with E-state index in [2.05, 4.69) is 4.99 Å². The molecule has 2 aromatic heterocycles. The molecule has 1 aliphatic rings. The number of methoxy groups -OCH3 is 1. The molecule has 28 heavy (non-hydrogen) atoms. The summed E-state index contributed by atoms with van der Waals surface area (Å²) in [7, 11) is 1.31. The van der Waals surface area contributed by atoms with Crippen molar-refractivity contribution in [2.75, 3.05) is 7.11 Å². The van der Waals surface area contributed by atoms with Crippen molar-refractivity contribution in [2.24, 2.45) is 4.99 Å². The van der Waals surface area contributed by atoms with Crippen molar-refractivity contribution in [3.63, 3.8) is 0 Å². The Labute approximate surface area is 173 Å². The third kappa shape index (κ3) is 3.15. The van der Waals surface area contributed by atoms with Crippen molar-refractivity contribution in [3.05, 3.63) is 88.2 Å². The number of thiazole rings is 1. The van der Waals surface area contributed by atoms with Crippen molar-refractivity contribution in [2.45, 2.75) is 13.0 Å². The quantitative estimate of drug-likeness (QED) is 0.600. The maximum atomic E-state index is 13.3. The Morgan fingerprint density at radius 1 is 1.29 bits per heavy atom. The molecule has 0 amide bonds. The smallest absolute Gasteiger partial charge is 0.338 e. The van der Waals surface area contributed by atoms with E-state index in [0.717, 1.165) is 4.88 Å². The van der Waals surface area contributed by atoms with Crippen LogP contribution in [0.3, 0.4) is 0 Å². The van der Waals surface area contributed by atoms with Gasteiger partial charge in [0.25, 0.3) is 5.56 Å². The number of hydrogen-bond acceptors (Lipinski definition) is 6. The Hall–Kier alpha value is -2.48. The maximum absolute atomic E-state index is 13.3. The lowest BCUT2D eigenvalue weighted by Gasteiger charge is -2.25. The summed E-state index contributed by atoms with van der Waals surface area (Å²) in [6, 6.07) is 10.4. The molecule has 1 aliphatic heterocycles. The number of carbonyl (C=O) groups is 1. The summed E-state index contributed by atoms with van der Waals surface area (Å²) >= 11 is 9.28. The Morgan fingerprint density at radius 2 is 2.07 bits per heavy atom. The molecule has 0 saturated carbocycles. The number of fused-ring (bicyclic) bond motifs is 1. The second-order valence-electron chi connectivity index (χ2n) is 6.11. The minimum Gasteiger partial charge on any atom is -0.466 e. The van der Waals surface area contributed by atoms with Crippen LogP contribution < -0.4 is 14.9 Å². The number of rotatable bonds is 3. The van der Waals surface area contributed by atoms with Gasteiger partial charge < -0.3 is 4.74 Å². The van der Waals surface area contributed by atoms with Crippen LogP contribution >= 0.6 is 34.3 Å². The molecule has 0 fully saturated rings. The van der Waals surface area contributed by atoms with E-state index in [1.165, 1.54) is 23.0 Å². The molecule has 0 aliphatic carbocycles. The van der Waals surface area contributed by atoms with Gasteiger partial charge in [-0.25, -0.2) is 9.79 Å². The maximum Gasteiger partial charge on any atom is 0.338 e. The first-order chi connectivity index (χ1) is 13.5. The number of thiophene rings is 1. The highest BCUT2D eigenvalue weighted by Crippen LogP contribution is 2.34. The number of halogens is 1. The third-order valence-electron chi connectivity index (χ3n) is 4.44. The highest BCUT2D eigenvalue weighted by Gasteiger charge is 2.34. The lowest BCUT2D eigenvalue weighted by molar-refractivity contribution is -0.136. The lowest BCUT2D eigenvalue weighted by Crippen LogP contribution is -2.39. The lowest BCUT2D eigenvalue weighted by atomic mass is 9.96. The van der Waals surface area contributed by atoms with Gasteiger partial charge in [-0.3, -0.25) is 9.36 Å². The topological polar surface area (TPSA) is 60.7 Å². The zero-order chi connectivity index (χ0) is 19.8. The normalized spacial score (nSPS) is 16.7. The van der Waals surface area contributed by atoms with Crippen LogP contribution in [0.4, 0.5) is 0 Å². The van der Waals surface area contributed by atoms with Gasteiger partial charge in [-0.2, -0.15) is 0 Å². The van der Waals surface area contributed by atoms with E-state index >= 15 is 0 Å². The van der Waals surface area contributed by atoms with E-state index < -0.39 is 12.0 Å². The van der Waals surface area contributed by atoms with E-state index in [4.69, 9.17) is 16.3 Å². The van der Waals surface area contributed by atoms with E-state index in [0.29, 0.717) is 31.2 Å². The predicted molar refractivity (Wildman–Crippen MR) is 112 cm³/mol. The number of hydrogen-bond donors (Lipinski definition) is 0. The molecule has 3 heterocycles. The fourth-order valence-electron chi connectivity index (χ4n) is 3.19. The van der Waals surface area contributed by atoms with Gasteiger partial charge in [0.1, 0.15) is 6.04 Å². The zero-order valence-electron chi connectivity index (χ0n) is 15.0. The van der Waals surface area contributed by atoms with Gasteiger partial charge in [0.2, 0.25) is 0 Å². The number of nitrogens with zero attached hydrogens (tertiary/aromatic N) is 2. The van der Waals surface area contributed by atoms with E-state index in [9.17, 15) is 9.59 Å². The average Bonchev–Trinajstić information content (AvgIpc) is 3.29. The van der Waals surface area contributed by atoms with Crippen LogP contribution in [0, 0.1) is 0 Å². The van der Waals surface area contributed by atoms with Crippen LogP contribution in [0.5, 0.6) is 0 Å². The summed E-state index contributed by atoms with van der Waals surface area (Å²) in [6.07, 6.45) is 1.84. The number of aromatic nitrogens is 1. The van der Waals surface area contributed by atoms with E-state index in [1.807, 2.05) is 35.7 Å². The molecule has 0 N–H and O–H groups in total. The number of carbonyl (C=O) groups excluding carboxylic acids is 1. The van der Waals surface area contributed by atoms with Gasteiger partial charge in [0.05, 0.1) is 22.9 Å². The molecule has 1 aromatic carbocycles. The Balaban J connectivity index is 2.03. The second-order valence-corrected chi connectivity index (χ2v) is 8.51. The predicted octanol–water partition coefficient (Wildman–Crippen LogP) is 3.12. The first-order valence-corrected chi connectivity index (χ1v) is 10.5. The first-order valence-electron chi connectivity index (χ1n) is 8.40. The minimum atomic E-state index is -0.692. The summed E-state index contributed by atoms with van der Waals surface area (Å²) in [5.41, 5.74) is 1.27. The second kappa shape index (κ2) is 7.50. The largest absolute Gasteiger partial charge is 0.466 e. The van der Waals surface area contributed by atoms with Crippen LogP contribution in [0.25, 0.3) is 6.08 Å². The van der Waals surface area contributed by atoms with Crippen molar-refractivity contribution in [1.29, 1.82) is 0 Å². The molecule has 8 heteroatoms. The van der Waals surface area contributed by atoms with Crippen LogP contribution in [0.2, 0.25) is 5.02 Å². The van der Waals surface area contributed by atoms with Gasteiger partial charge in [0.15, 0.2) is 4.80 Å². The summed E-state index contributed by atoms with van der Waals surface area (Å²) < 4.78 is 7.07. The van der Waals surface area contributed by atoms with Crippen molar-refractivity contribution >= 4 is 46.3 Å². The Kier molecular flexibility index (Phi) is 5.05. The highest BCUT2D eigenvalue weighted by molar-refractivity contribution is 7.11. The van der Waals surface area contributed by atoms with Gasteiger partial charge in [-0.1, -0.05) is 47.2 Å². The molecule has 1 atom stereocenters. The van der Waals surface area contributed by atoms with Crippen LogP contribution in [0.1, 0.15) is 23.4 Å². The SMILES string of the molecule is COC(=O)C1=C(C)N=c2s/c(=C/c3cccs3)c(=O)n2[C@@H]1c1ccccc1Cl. The van der Waals surface area contributed by atoms with Crippen LogP contribution in [-0.4, -0.2) is 17.6 Å². The summed E-state index contributed by atoms with van der Waals surface area (Å²) in [4.78, 5) is 31.8. The first kappa shape index (κ1) is 18.9. The third-order valence-corrected chi connectivity index (χ3v) is 6.59. The monoisotopic (exact) mass is 430 g/mol. The fraction of sp³-hybridized carbons (Fsp3) is 0.150. The summed E-state index contributed by atoms with van der Waals surface area (Å²) in [5, 5.41) is 2.42. The molecule has 0 saturated heterocycles. The molecule has 3 aromatic rings. The van der Waals surface area contributed by atoms with Gasteiger partial charge in [-0.05, 0) is 36.1 Å². The Morgan fingerprint density at radius 3 is 2.75 bits per heavy atom. The fourth-order valence-corrected chi connectivity index (χ4v) is 5.19. The van der Waals surface area contributed by atoms with Gasteiger partial charge in [-0.15, -0.1) is 11.3 Å². The zero-order valence-corrected chi connectivity index (χ0v) is 17.4. The molecular formula is C20H15ClN2O3S2. The molecule has 4 rings (SSSR count). The molecular weight excluding hydrogens is 416 g/mol. The number of esters is 1. The molecule has 0 spiro atoms. The molecule has 0 unspecified atom stereocenters. The van der Waals surface area contributed by atoms with Crippen molar-refractivity contribution < 1.29 is 9.53 Å². The molecule has 5 nitrogen and oxygen atoms in total. The Bertz CT molecular complexity index is 1270. The van der Waals surface area contributed by atoms with E-state index in [-0.39, 0.29) is 5.56 Å². The molecule has 142 valence electrons. The molecule has 0 bridgehead atoms. The molecule has 0 radical (unpaired) electrons. The standard InChI is InChI=1S/C20H15ClN2O3S2/c1-11-16(19(25)26-2)17(13-7-3-4-8-14(13)21)23-18(24)15(28-20(23)22-11)10-12-6-5-9-27-12/h3-10,17H,1-2H3/b15-10+/t17-/m1/s1. The summed E-state index contributed by atoms with van der Waals surface area (Å²) in [5.74, 6) is -0.529. The van der Waals surface area contributed by atoms with Crippen molar-refractivity contribution in [3.8, 4) is 0 Å². The number of ether oxygens (including phenoxy) is 1. The minimum absolute atomic E-state index is 0.212. The van der Waals surface area contributed by atoms with Crippen LogP contribution in [-0.2, 0) is 9.53 Å². The average molecular weight is 431 g/mol. The summed E-state index contributed by atoms with van der Waals surface area (Å²) in [6.45, 7) is 1.74. The number of allylic oxidation sites excluding steroid dienone is 1. The van der Waals surface area contributed by atoms with Gasteiger partial charge in [0, 0.05) is 9.90 Å². The van der Waals surface area contributed by atoms with Gasteiger partial charge >= 0.3 is 5.97 Å². The van der Waals surface area contributed by atoms with E-state index in [1.54, 1.807) is 30.4 Å². The number of benzene rings is 1.